The molecule has 0 fully saturated rings. The normalized spacial score (nSPS) is 17.2. The highest BCUT2D eigenvalue weighted by Gasteiger charge is 2.35. The molecule has 1 aromatic heterocycles. The van der Waals surface area contributed by atoms with Gasteiger partial charge in [-0.15, -0.1) is 11.8 Å². The van der Waals surface area contributed by atoms with Crippen molar-refractivity contribution in [3.05, 3.63) is 217 Å². The van der Waals surface area contributed by atoms with Crippen molar-refractivity contribution in [3.8, 4) is 27.9 Å². The highest BCUT2D eigenvalue weighted by Crippen LogP contribution is 2.53. The number of para-hydroxylation sites is 2. The summed E-state index contributed by atoms with van der Waals surface area (Å²) in [7, 11) is 0. The second-order valence-corrected chi connectivity index (χ2v) is 17.0. The molecule has 3 aliphatic rings. The van der Waals surface area contributed by atoms with E-state index in [1.807, 2.05) is 11.8 Å². The number of hydrogen-bond donors (Lipinski definition) is 0. The lowest BCUT2D eigenvalue weighted by Gasteiger charge is -2.24. The van der Waals surface area contributed by atoms with Gasteiger partial charge in [0.15, 0.2) is 0 Å². The lowest BCUT2D eigenvalue weighted by atomic mass is 9.83. The van der Waals surface area contributed by atoms with Gasteiger partial charge in [-0.2, -0.15) is 0 Å². The summed E-state index contributed by atoms with van der Waals surface area (Å²) in [4.78, 5) is 1.39. The minimum Gasteiger partial charge on any atom is -0.309 e. The van der Waals surface area contributed by atoms with Gasteiger partial charge in [0.1, 0.15) is 0 Å². The van der Waals surface area contributed by atoms with E-state index in [0.29, 0.717) is 11.2 Å². The van der Waals surface area contributed by atoms with Crippen LogP contribution in [-0.4, -0.2) is 9.82 Å². The molecule has 9 aromatic rings. The first kappa shape index (κ1) is 33.5. The Bertz CT molecular complexity index is 3260. The lowest BCUT2D eigenvalue weighted by molar-refractivity contribution is 0.893. The van der Waals surface area contributed by atoms with Crippen LogP contribution in [0.1, 0.15) is 35.4 Å². The maximum atomic E-state index is 2.50. The SMILES string of the molecule is C1=CC(c2ccc3c(c2)c2ccccc2n3-c2ccccc2-c2ccc3c(-c4ccccc4)c4ccccc4c(C4=CCCC=C4)c3c2)C2Sc3ccccc3C2=C1. The van der Waals surface area contributed by atoms with Crippen LogP contribution in [0, 0.1) is 0 Å². The summed E-state index contributed by atoms with van der Waals surface area (Å²) < 4.78 is 2.50. The van der Waals surface area contributed by atoms with Crippen LogP contribution in [0.4, 0.5) is 0 Å². The van der Waals surface area contributed by atoms with E-state index in [0.717, 1.165) is 12.8 Å². The summed E-state index contributed by atoms with van der Waals surface area (Å²) in [5, 5.41) is 8.11. The maximum Gasteiger partial charge on any atom is 0.0541 e. The first-order chi connectivity index (χ1) is 28.8. The first-order valence-electron chi connectivity index (χ1n) is 20.5. The van der Waals surface area contributed by atoms with Crippen molar-refractivity contribution in [2.45, 2.75) is 28.9 Å². The van der Waals surface area contributed by atoms with Crippen LogP contribution < -0.4 is 0 Å². The van der Waals surface area contributed by atoms with E-state index in [4.69, 9.17) is 0 Å². The highest BCUT2D eigenvalue weighted by molar-refractivity contribution is 8.01. The Hall–Kier alpha value is -6.61. The van der Waals surface area contributed by atoms with E-state index in [2.05, 4.69) is 205 Å². The van der Waals surface area contributed by atoms with Crippen LogP contribution >= 0.6 is 11.8 Å². The Labute approximate surface area is 343 Å². The largest absolute Gasteiger partial charge is 0.309 e. The first-order valence-corrected chi connectivity index (χ1v) is 21.4. The van der Waals surface area contributed by atoms with E-state index in [9.17, 15) is 0 Å². The van der Waals surface area contributed by atoms with Crippen molar-refractivity contribution in [2.24, 2.45) is 0 Å². The standard InChI is InChI=1S/C56H39NS/c1-3-16-36(17-4-1)54-44-23-7-8-24-45(44)55(37-18-5-2-6-19-37)49-35-38(30-32-46(49)54)40-20-9-12-27-50(40)57-51-28-13-10-21-42(51)48-34-39(31-33-52(48)57)41-25-15-26-47-43-22-11-14-29-53(43)58-56(41)47/h1,3-5,7-35,41,56H,2,6H2. The van der Waals surface area contributed by atoms with Gasteiger partial charge in [0.05, 0.1) is 16.7 Å². The quantitative estimate of drug-likeness (QED) is 0.158. The third-order valence-corrected chi connectivity index (χ3v) is 14.0. The van der Waals surface area contributed by atoms with Gasteiger partial charge in [-0.25, -0.2) is 0 Å². The molecule has 274 valence electrons. The van der Waals surface area contributed by atoms with E-state index < -0.39 is 0 Å². The number of benzene rings is 8. The Kier molecular flexibility index (Phi) is 7.81. The molecule has 2 aliphatic carbocycles. The third-order valence-electron chi connectivity index (χ3n) is 12.6. The molecule has 2 unspecified atom stereocenters. The smallest absolute Gasteiger partial charge is 0.0541 e. The number of allylic oxidation sites excluding steroid dienone is 7. The molecule has 0 amide bonds. The number of nitrogens with zero attached hydrogens (tertiary/aromatic N) is 1. The minimum atomic E-state index is 0.300. The van der Waals surface area contributed by atoms with Crippen LogP contribution in [0.2, 0.25) is 0 Å². The Balaban J connectivity index is 1.05. The molecule has 1 nitrogen and oxygen atoms in total. The summed E-state index contributed by atoms with van der Waals surface area (Å²) in [5.74, 6) is 0.300. The van der Waals surface area contributed by atoms with Gasteiger partial charge in [-0.1, -0.05) is 164 Å². The predicted molar refractivity (Wildman–Crippen MR) is 249 cm³/mol. The van der Waals surface area contributed by atoms with Gasteiger partial charge in [-0.3, -0.25) is 0 Å². The monoisotopic (exact) mass is 757 g/mol. The molecule has 0 bridgehead atoms. The fourth-order valence-corrected chi connectivity index (χ4v) is 11.5. The van der Waals surface area contributed by atoms with E-state index >= 15 is 0 Å². The molecular formula is C56H39NS. The van der Waals surface area contributed by atoms with E-state index in [-0.39, 0.29) is 0 Å². The summed E-state index contributed by atoms with van der Waals surface area (Å²) in [6, 6.07) is 61.2. The summed E-state index contributed by atoms with van der Waals surface area (Å²) in [6.45, 7) is 0. The fourth-order valence-electron chi connectivity index (χ4n) is 10.0. The molecule has 0 N–H and O–H groups in total. The van der Waals surface area contributed by atoms with Gasteiger partial charge in [-0.05, 0) is 115 Å². The van der Waals surface area contributed by atoms with Crippen molar-refractivity contribution in [2.75, 3.05) is 0 Å². The van der Waals surface area contributed by atoms with Crippen LogP contribution in [0.3, 0.4) is 0 Å². The van der Waals surface area contributed by atoms with Gasteiger partial charge in [0.2, 0.25) is 0 Å². The molecule has 1 aliphatic heterocycles. The van der Waals surface area contributed by atoms with Crippen molar-refractivity contribution in [3.63, 3.8) is 0 Å². The molecule has 0 spiro atoms. The van der Waals surface area contributed by atoms with E-state index in [1.54, 1.807) is 0 Å². The van der Waals surface area contributed by atoms with Crippen molar-refractivity contribution < 1.29 is 0 Å². The molecule has 8 aromatic carbocycles. The average molecular weight is 758 g/mol. The molecule has 58 heavy (non-hydrogen) atoms. The summed E-state index contributed by atoms with van der Waals surface area (Å²) in [6.07, 6.45) is 16.2. The highest BCUT2D eigenvalue weighted by atomic mass is 32.2. The average Bonchev–Trinajstić information content (AvgIpc) is 3.84. The topological polar surface area (TPSA) is 4.93 Å². The molecule has 2 heterocycles. The van der Waals surface area contributed by atoms with Gasteiger partial charge in [0.25, 0.3) is 0 Å². The van der Waals surface area contributed by atoms with Crippen molar-refractivity contribution >= 4 is 66.3 Å². The molecule has 2 heteroatoms. The summed E-state index contributed by atoms with van der Waals surface area (Å²) >= 11 is 2.01. The zero-order valence-electron chi connectivity index (χ0n) is 32.0. The number of aromatic nitrogens is 1. The van der Waals surface area contributed by atoms with Gasteiger partial charge < -0.3 is 4.57 Å². The van der Waals surface area contributed by atoms with Gasteiger partial charge in [0, 0.05) is 32.4 Å². The van der Waals surface area contributed by atoms with Crippen molar-refractivity contribution in [1.29, 1.82) is 0 Å². The second kappa shape index (κ2) is 13.5. The lowest BCUT2D eigenvalue weighted by Crippen LogP contribution is -2.14. The van der Waals surface area contributed by atoms with Gasteiger partial charge >= 0.3 is 0 Å². The second-order valence-electron chi connectivity index (χ2n) is 15.8. The Morgan fingerprint density at radius 1 is 0.517 bits per heavy atom. The van der Waals surface area contributed by atoms with Crippen LogP contribution in [-0.2, 0) is 0 Å². The predicted octanol–water partition coefficient (Wildman–Crippen LogP) is 15.4. The third kappa shape index (κ3) is 5.18. The zero-order chi connectivity index (χ0) is 38.2. The number of hydrogen-bond acceptors (Lipinski definition) is 1. The minimum absolute atomic E-state index is 0.300. The molecule has 2 atom stereocenters. The molecule has 0 radical (unpaired) electrons. The van der Waals surface area contributed by atoms with Crippen LogP contribution in [0.25, 0.3) is 82.4 Å². The van der Waals surface area contributed by atoms with E-state index in [1.165, 1.54) is 104 Å². The zero-order valence-corrected chi connectivity index (χ0v) is 32.8. The molecule has 0 saturated heterocycles. The Morgan fingerprint density at radius 3 is 2.10 bits per heavy atom. The molecule has 0 saturated carbocycles. The van der Waals surface area contributed by atoms with Crippen LogP contribution in [0.15, 0.2) is 205 Å². The molecular weight excluding hydrogens is 719 g/mol. The number of rotatable bonds is 5. The summed E-state index contributed by atoms with van der Waals surface area (Å²) in [5.41, 5.74) is 15.4. The number of fused-ring (bicyclic) bond motifs is 8. The maximum absolute atomic E-state index is 2.50. The number of thioether (sulfide) groups is 1. The fraction of sp³-hybridized carbons (Fsp3) is 0.0714. The van der Waals surface area contributed by atoms with Crippen LogP contribution in [0.5, 0.6) is 0 Å². The van der Waals surface area contributed by atoms with Crippen molar-refractivity contribution in [1.82, 2.24) is 4.57 Å². The molecule has 12 rings (SSSR count). The Morgan fingerprint density at radius 2 is 1.24 bits per heavy atom.